The number of piperidine rings is 1. The lowest BCUT2D eigenvalue weighted by Crippen LogP contribution is -2.51. The minimum Gasteiger partial charge on any atom is -0.465 e. The number of halogens is 3. The van der Waals surface area contributed by atoms with Gasteiger partial charge in [-0.3, -0.25) is 4.79 Å². The molecule has 1 aliphatic heterocycles. The molecule has 2 aliphatic rings. The number of ether oxygens (including phenoxy) is 1. The topological polar surface area (TPSA) is 84.0 Å². The van der Waals surface area contributed by atoms with Crippen molar-refractivity contribution in [3.63, 3.8) is 0 Å². The van der Waals surface area contributed by atoms with E-state index >= 15 is 0 Å². The van der Waals surface area contributed by atoms with Gasteiger partial charge in [0.2, 0.25) is 15.9 Å². The summed E-state index contributed by atoms with van der Waals surface area (Å²) >= 11 is 0. The predicted molar refractivity (Wildman–Crippen MR) is 129 cm³/mol. The maximum atomic E-state index is 13.7. The number of esters is 1. The second-order valence-electron chi connectivity index (χ2n) is 9.54. The number of sulfonamides is 1. The molecule has 7 nitrogen and oxygen atoms in total. The Morgan fingerprint density at radius 2 is 1.68 bits per heavy atom. The number of rotatable bonds is 8. The van der Waals surface area contributed by atoms with E-state index in [1.807, 2.05) is 0 Å². The monoisotopic (exact) mass is 538 g/mol. The number of alkyl halides is 3. The Kier molecular flexibility index (Phi) is 7.94. The minimum atomic E-state index is -4.59. The summed E-state index contributed by atoms with van der Waals surface area (Å²) in [6, 6.07) is 9.15. The molecule has 37 heavy (non-hydrogen) atoms. The Bertz CT molecular complexity index is 1230. The fraction of sp³-hybridized carbons (Fsp3) is 0.462. The third kappa shape index (κ3) is 6.51. The van der Waals surface area contributed by atoms with Crippen molar-refractivity contribution >= 4 is 21.9 Å². The first-order valence-electron chi connectivity index (χ1n) is 12.1. The molecule has 0 N–H and O–H groups in total. The zero-order valence-corrected chi connectivity index (χ0v) is 21.2. The van der Waals surface area contributed by atoms with E-state index in [0.29, 0.717) is 42.9 Å². The molecule has 11 heteroatoms. The molecule has 0 aromatic heterocycles. The lowest BCUT2D eigenvalue weighted by Gasteiger charge is -2.39. The summed E-state index contributed by atoms with van der Waals surface area (Å²) in [5.74, 6) is -0.132. The summed E-state index contributed by atoms with van der Waals surface area (Å²) < 4.78 is 72.6. The predicted octanol–water partition coefficient (Wildman–Crippen LogP) is 4.47. The number of hydrogen-bond acceptors (Lipinski definition) is 5. The summed E-state index contributed by atoms with van der Waals surface area (Å²) in [4.78, 5) is 26.0. The van der Waals surface area contributed by atoms with E-state index in [0.717, 1.165) is 37.1 Å². The first-order valence-corrected chi connectivity index (χ1v) is 13.6. The Labute approximate surface area is 214 Å². The number of benzene rings is 2. The fourth-order valence-corrected chi connectivity index (χ4v) is 6.15. The summed E-state index contributed by atoms with van der Waals surface area (Å²) in [6.07, 6.45) is -0.963. The van der Waals surface area contributed by atoms with E-state index in [1.54, 1.807) is 17.0 Å². The molecule has 2 aromatic carbocycles. The van der Waals surface area contributed by atoms with Crippen LogP contribution >= 0.6 is 0 Å². The van der Waals surface area contributed by atoms with Crippen LogP contribution in [-0.2, 0) is 32.3 Å². The molecule has 1 saturated carbocycles. The third-order valence-electron chi connectivity index (χ3n) is 6.82. The SMILES string of the molecule is COC(=O)c1ccc(CN(C2CCCN(C(=O)CC3CC3)C2)S(=O)(=O)c2ccc(C(F)(F)F)cc2)cc1. The Balaban J connectivity index is 1.63. The molecule has 2 fully saturated rings. The molecule has 0 radical (unpaired) electrons. The van der Waals surface area contributed by atoms with Crippen LogP contribution < -0.4 is 0 Å². The van der Waals surface area contributed by atoms with Gasteiger partial charge in [0, 0.05) is 32.1 Å². The lowest BCUT2D eigenvalue weighted by molar-refractivity contribution is -0.137. The van der Waals surface area contributed by atoms with Crippen LogP contribution in [0.15, 0.2) is 53.4 Å². The number of amides is 1. The van der Waals surface area contributed by atoms with Gasteiger partial charge in [-0.2, -0.15) is 17.5 Å². The van der Waals surface area contributed by atoms with Gasteiger partial charge < -0.3 is 9.64 Å². The summed E-state index contributed by atoms with van der Waals surface area (Å²) in [7, 11) is -2.96. The molecule has 1 unspecified atom stereocenters. The first-order chi connectivity index (χ1) is 17.5. The largest absolute Gasteiger partial charge is 0.465 e. The highest BCUT2D eigenvalue weighted by atomic mass is 32.2. The summed E-state index contributed by atoms with van der Waals surface area (Å²) in [5.41, 5.74) is -0.0478. The van der Waals surface area contributed by atoms with E-state index in [2.05, 4.69) is 0 Å². The maximum Gasteiger partial charge on any atom is 0.416 e. The van der Waals surface area contributed by atoms with Crippen LogP contribution in [0.4, 0.5) is 13.2 Å². The highest BCUT2D eigenvalue weighted by molar-refractivity contribution is 7.89. The molecule has 200 valence electrons. The molecule has 0 spiro atoms. The van der Waals surface area contributed by atoms with Gasteiger partial charge in [-0.15, -0.1) is 0 Å². The highest BCUT2D eigenvalue weighted by Gasteiger charge is 2.37. The second kappa shape index (κ2) is 10.8. The van der Waals surface area contributed by atoms with E-state index in [4.69, 9.17) is 4.74 Å². The smallest absolute Gasteiger partial charge is 0.416 e. The van der Waals surface area contributed by atoms with Crippen molar-refractivity contribution in [2.45, 2.75) is 55.8 Å². The summed E-state index contributed by atoms with van der Waals surface area (Å²) in [6.45, 7) is 0.690. The molecule has 2 aromatic rings. The van der Waals surface area contributed by atoms with Crippen LogP contribution in [0, 0.1) is 5.92 Å². The van der Waals surface area contributed by atoms with Gasteiger partial charge in [0.15, 0.2) is 0 Å². The number of likely N-dealkylation sites (tertiary alicyclic amines) is 1. The zero-order chi connectivity index (χ0) is 26.8. The summed E-state index contributed by atoms with van der Waals surface area (Å²) in [5, 5.41) is 0. The number of carbonyl (C=O) groups excluding carboxylic acids is 2. The van der Waals surface area contributed by atoms with Gasteiger partial charge in [0.1, 0.15) is 0 Å². The van der Waals surface area contributed by atoms with Gasteiger partial charge in [0.25, 0.3) is 0 Å². The molecule has 1 amide bonds. The minimum absolute atomic E-state index is 0.00140. The molecular formula is C26H29F3N2O5S. The maximum absolute atomic E-state index is 13.7. The molecule has 1 saturated heterocycles. The second-order valence-corrected chi connectivity index (χ2v) is 11.4. The number of carbonyl (C=O) groups is 2. The van der Waals surface area contributed by atoms with Crippen molar-refractivity contribution in [2.75, 3.05) is 20.2 Å². The van der Waals surface area contributed by atoms with E-state index in [-0.39, 0.29) is 23.9 Å². The first kappa shape index (κ1) is 27.1. The highest BCUT2D eigenvalue weighted by Crippen LogP contribution is 2.34. The molecule has 4 rings (SSSR count). The van der Waals surface area contributed by atoms with Crippen LogP contribution in [0.5, 0.6) is 0 Å². The van der Waals surface area contributed by atoms with E-state index < -0.39 is 33.8 Å². The average Bonchev–Trinajstić information content (AvgIpc) is 3.70. The van der Waals surface area contributed by atoms with Crippen LogP contribution in [0.25, 0.3) is 0 Å². The van der Waals surface area contributed by atoms with Crippen LogP contribution in [-0.4, -0.2) is 55.7 Å². The average molecular weight is 539 g/mol. The number of methoxy groups -OCH3 is 1. The van der Waals surface area contributed by atoms with Gasteiger partial charge in [-0.25, -0.2) is 13.2 Å². The van der Waals surface area contributed by atoms with Crippen molar-refractivity contribution in [2.24, 2.45) is 5.92 Å². The molecule has 1 heterocycles. The molecule has 1 aliphatic carbocycles. The van der Waals surface area contributed by atoms with Crippen molar-refractivity contribution in [1.82, 2.24) is 9.21 Å². The Morgan fingerprint density at radius 3 is 2.24 bits per heavy atom. The lowest BCUT2D eigenvalue weighted by atomic mass is 10.0. The standard InChI is InChI=1S/C26H29F3N2O5S/c1-36-25(33)20-8-6-19(7-9-20)16-31(22-3-2-14-30(17-22)24(32)15-18-4-5-18)37(34,35)23-12-10-21(11-13-23)26(27,28)29/h6-13,18,22H,2-5,14-17H2,1H3. The van der Waals surface area contributed by atoms with Gasteiger partial charge >= 0.3 is 12.1 Å². The zero-order valence-electron chi connectivity index (χ0n) is 20.4. The Morgan fingerprint density at radius 1 is 1.03 bits per heavy atom. The number of hydrogen-bond donors (Lipinski definition) is 0. The van der Waals surface area contributed by atoms with Crippen LogP contribution in [0.1, 0.15) is 53.6 Å². The van der Waals surface area contributed by atoms with Gasteiger partial charge in [-0.05, 0) is 73.6 Å². The van der Waals surface area contributed by atoms with Crippen molar-refractivity contribution in [3.8, 4) is 0 Å². The Hall–Kier alpha value is -2.92. The van der Waals surface area contributed by atoms with Crippen LogP contribution in [0.2, 0.25) is 0 Å². The quantitative estimate of drug-likeness (QED) is 0.463. The normalized spacial score (nSPS) is 18.6. The molecule has 1 atom stereocenters. The third-order valence-corrected chi connectivity index (χ3v) is 8.73. The van der Waals surface area contributed by atoms with Crippen molar-refractivity contribution in [3.05, 3.63) is 65.2 Å². The van der Waals surface area contributed by atoms with Crippen molar-refractivity contribution in [1.29, 1.82) is 0 Å². The molecular weight excluding hydrogens is 509 g/mol. The number of nitrogens with zero attached hydrogens (tertiary/aromatic N) is 2. The van der Waals surface area contributed by atoms with E-state index in [9.17, 15) is 31.2 Å². The van der Waals surface area contributed by atoms with Gasteiger partial charge in [0.05, 0.1) is 23.1 Å². The van der Waals surface area contributed by atoms with Crippen LogP contribution in [0.3, 0.4) is 0 Å². The van der Waals surface area contributed by atoms with E-state index in [1.165, 1.54) is 23.5 Å². The van der Waals surface area contributed by atoms with Crippen molar-refractivity contribution < 1.29 is 35.9 Å². The van der Waals surface area contributed by atoms with Gasteiger partial charge in [-0.1, -0.05) is 12.1 Å². The molecule has 0 bridgehead atoms. The fourth-order valence-electron chi connectivity index (χ4n) is 4.52.